The molecule has 2 aromatic rings. The summed E-state index contributed by atoms with van der Waals surface area (Å²) < 4.78 is 11.9. The van der Waals surface area contributed by atoms with E-state index < -0.39 is 0 Å². The van der Waals surface area contributed by atoms with Gasteiger partial charge in [-0.1, -0.05) is 36.4 Å². The molecule has 2 rings (SSSR count). The summed E-state index contributed by atoms with van der Waals surface area (Å²) in [5.41, 5.74) is 1.16. The van der Waals surface area contributed by atoms with Crippen molar-refractivity contribution in [2.45, 2.75) is 0 Å². The van der Waals surface area contributed by atoms with Gasteiger partial charge in [0.25, 0.3) is 0 Å². The lowest BCUT2D eigenvalue weighted by Crippen LogP contribution is -1.84. The highest BCUT2D eigenvalue weighted by molar-refractivity contribution is 5.41. The summed E-state index contributed by atoms with van der Waals surface area (Å²) in [6, 6.07) is 18.0. The van der Waals surface area contributed by atoms with Gasteiger partial charge in [-0.15, -0.1) is 0 Å². The Morgan fingerprint density at radius 1 is 0.800 bits per heavy atom. The molecule has 0 aliphatic rings. The predicted molar refractivity (Wildman–Crippen MR) is 62.4 cm³/mol. The maximum atomic E-state index is 11.9. The zero-order valence-electron chi connectivity index (χ0n) is 8.65. The van der Waals surface area contributed by atoms with E-state index >= 15 is 0 Å². The third kappa shape index (κ3) is 4.81. The first-order valence-corrected chi connectivity index (χ1v) is 4.76. The van der Waals surface area contributed by atoms with E-state index in [0.29, 0.717) is 0 Å². The zero-order valence-corrected chi connectivity index (χ0v) is 8.65. The number of benzene rings is 2. The molecule has 0 spiro atoms. The molecule has 0 aromatic heterocycles. The van der Waals surface area contributed by atoms with Crippen molar-refractivity contribution in [3.8, 4) is 0 Å². The minimum Gasteiger partial charge on any atom is -0.388 e. The average molecular weight is 203 g/mol. The van der Waals surface area contributed by atoms with Gasteiger partial charge >= 0.3 is 0 Å². The van der Waals surface area contributed by atoms with E-state index in [1.807, 2.05) is 37.4 Å². The van der Waals surface area contributed by atoms with E-state index in [1.165, 1.54) is 12.1 Å². The van der Waals surface area contributed by atoms with E-state index in [1.54, 1.807) is 18.2 Å². The van der Waals surface area contributed by atoms with E-state index in [0.717, 1.165) is 5.69 Å². The van der Waals surface area contributed by atoms with Gasteiger partial charge in [-0.05, 0) is 24.3 Å². The molecule has 1 nitrogen and oxygen atoms in total. The summed E-state index contributed by atoms with van der Waals surface area (Å²) >= 11 is 0. The van der Waals surface area contributed by atoms with Crippen LogP contribution in [0.4, 0.5) is 10.1 Å². The van der Waals surface area contributed by atoms with Crippen LogP contribution < -0.4 is 5.32 Å². The molecule has 0 radical (unpaired) electrons. The molecular weight excluding hydrogens is 189 g/mol. The molecule has 2 heteroatoms. The lowest BCUT2D eigenvalue weighted by molar-refractivity contribution is 0.628. The second-order valence-electron chi connectivity index (χ2n) is 2.91. The molecule has 0 amide bonds. The number of para-hydroxylation sites is 1. The maximum Gasteiger partial charge on any atom is 0.123 e. The van der Waals surface area contributed by atoms with Crippen LogP contribution in [0.5, 0.6) is 0 Å². The normalized spacial score (nSPS) is 8.67. The van der Waals surface area contributed by atoms with Crippen LogP contribution in [-0.2, 0) is 0 Å². The summed E-state index contributed by atoms with van der Waals surface area (Å²) in [5, 5.41) is 3.03. The van der Waals surface area contributed by atoms with Crippen molar-refractivity contribution in [2.24, 2.45) is 0 Å². The third-order valence-electron chi connectivity index (χ3n) is 1.80. The van der Waals surface area contributed by atoms with Gasteiger partial charge < -0.3 is 5.32 Å². The minimum absolute atomic E-state index is 0.178. The van der Waals surface area contributed by atoms with E-state index in [4.69, 9.17) is 0 Å². The van der Waals surface area contributed by atoms with Crippen LogP contribution in [0.1, 0.15) is 0 Å². The molecule has 15 heavy (non-hydrogen) atoms. The van der Waals surface area contributed by atoms with Crippen molar-refractivity contribution in [1.29, 1.82) is 0 Å². The Hall–Kier alpha value is -1.83. The maximum absolute atomic E-state index is 11.9. The number of anilines is 1. The Morgan fingerprint density at radius 3 is 1.53 bits per heavy atom. The monoisotopic (exact) mass is 203 g/mol. The van der Waals surface area contributed by atoms with Crippen LogP contribution in [0, 0.1) is 5.82 Å². The van der Waals surface area contributed by atoms with Crippen molar-refractivity contribution in [1.82, 2.24) is 0 Å². The van der Waals surface area contributed by atoms with Crippen molar-refractivity contribution in [2.75, 3.05) is 12.4 Å². The Morgan fingerprint density at radius 2 is 1.27 bits per heavy atom. The van der Waals surface area contributed by atoms with Crippen molar-refractivity contribution in [3.63, 3.8) is 0 Å². The van der Waals surface area contributed by atoms with Crippen LogP contribution in [0.25, 0.3) is 0 Å². The second-order valence-corrected chi connectivity index (χ2v) is 2.91. The Balaban J connectivity index is 0.000000151. The van der Waals surface area contributed by atoms with Crippen LogP contribution in [0.15, 0.2) is 60.7 Å². The van der Waals surface area contributed by atoms with Gasteiger partial charge in [0.2, 0.25) is 0 Å². The molecule has 0 unspecified atom stereocenters. The van der Waals surface area contributed by atoms with E-state index in [2.05, 4.69) is 5.32 Å². The quantitative estimate of drug-likeness (QED) is 0.747. The highest BCUT2D eigenvalue weighted by Crippen LogP contribution is 2.01. The molecule has 0 aliphatic heterocycles. The molecule has 0 heterocycles. The molecule has 0 fully saturated rings. The van der Waals surface area contributed by atoms with Crippen LogP contribution in [0.2, 0.25) is 0 Å². The van der Waals surface area contributed by atoms with Gasteiger partial charge in [0, 0.05) is 12.7 Å². The van der Waals surface area contributed by atoms with E-state index in [9.17, 15) is 4.39 Å². The lowest BCUT2D eigenvalue weighted by atomic mass is 10.3. The van der Waals surface area contributed by atoms with Gasteiger partial charge in [0.05, 0.1) is 0 Å². The van der Waals surface area contributed by atoms with Gasteiger partial charge in [-0.3, -0.25) is 0 Å². The fourth-order valence-corrected chi connectivity index (χ4v) is 1.02. The van der Waals surface area contributed by atoms with Crippen molar-refractivity contribution >= 4 is 5.69 Å². The van der Waals surface area contributed by atoms with Gasteiger partial charge in [0.1, 0.15) is 5.82 Å². The SMILES string of the molecule is CNc1ccccc1.Fc1ccccc1. The van der Waals surface area contributed by atoms with Crippen LogP contribution in [0.3, 0.4) is 0 Å². The molecular formula is C13H14FN. The number of hydrogen-bond acceptors (Lipinski definition) is 1. The molecule has 0 aliphatic carbocycles. The summed E-state index contributed by atoms with van der Waals surface area (Å²) in [5.74, 6) is -0.178. The minimum atomic E-state index is -0.178. The van der Waals surface area contributed by atoms with Crippen LogP contribution >= 0.6 is 0 Å². The summed E-state index contributed by atoms with van der Waals surface area (Å²) in [4.78, 5) is 0. The third-order valence-corrected chi connectivity index (χ3v) is 1.80. The standard InChI is InChI=1S/C7H9N.C6H5F/c1-8-7-5-3-2-4-6-7;7-6-4-2-1-3-5-6/h2-6,8H,1H3;1-5H. The highest BCUT2D eigenvalue weighted by Gasteiger charge is 1.78. The predicted octanol–water partition coefficient (Wildman–Crippen LogP) is 3.55. The molecule has 1 N–H and O–H groups in total. The molecule has 0 atom stereocenters. The summed E-state index contributed by atoms with van der Waals surface area (Å²) in [7, 11) is 1.91. The molecule has 0 saturated carbocycles. The number of halogens is 1. The van der Waals surface area contributed by atoms with Crippen LogP contribution in [-0.4, -0.2) is 7.05 Å². The smallest absolute Gasteiger partial charge is 0.123 e. The number of nitrogens with one attached hydrogen (secondary N) is 1. The topological polar surface area (TPSA) is 12.0 Å². The Labute approximate surface area is 89.6 Å². The first-order chi connectivity index (χ1) is 7.33. The fourth-order valence-electron chi connectivity index (χ4n) is 1.02. The summed E-state index contributed by atoms with van der Waals surface area (Å²) in [6.45, 7) is 0. The Kier molecular flexibility index (Phi) is 4.95. The van der Waals surface area contributed by atoms with Gasteiger partial charge in [0.15, 0.2) is 0 Å². The number of rotatable bonds is 1. The lowest BCUT2D eigenvalue weighted by Gasteiger charge is -1.94. The van der Waals surface area contributed by atoms with Gasteiger partial charge in [-0.25, -0.2) is 4.39 Å². The fraction of sp³-hybridized carbons (Fsp3) is 0.0769. The molecule has 2 aromatic carbocycles. The second kappa shape index (κ2) is 6.60. The zero-order chi connectivity index (χ0) is 10.9. The van der Waals surface area contributed by atoms with Gasteiger partial charge in [-0.2, -0.15) is 0 Å². The Bertz CT molecular complexity index is 359. The number of hydrogen-bond donors (Lipinski definition) is 1. The van der Waals surface area contributed by atoms with Crippen molar-refractivity contribution in [3.05, 3.63) is 66.5 Å². The molecule has 0 saturated heterocycles. The first kappa shape index (κ1) is 11.2. The molecule has 0 bridgehead atoms. The van der Waals surface area contributed by atoms with E-state index in [-0.39, 0.29) is 5.82 Å². The average Bonchev–Trinajstić information content (AvgIpc) is 2.32. The highest BCUT2D eigenvalue weighted by atomic mass is 19.1. The summed E-state index contributed by atoms with van der Waals surface area (Å²) in [6.07, 6.45) is 0. The van der Waals surface area contributed by atoms with Crippen molar-refractivity contribution < 1.29 is 4.39 Å². The first-order valence-electron chi connectivity index (χ1n) is 4.76. The largest absolute Gasteiger partial charge is 0.388 e. The molecule has 78 valence electrons.